The van der Waals surface area contributed by atoms with Crippen LogP contribution in [-0.2, 0) is 22.3 Å². The molecule has 2 N–H and O–H groups in total. The van der Waals surface area contributed by atoms with Gasteiger partial charge in [0.15, 0.2) is 5.13 Å². The third-order valence-electron chi connectivity index (χ3n) is 5.83. The molecule has 36 heavy (non-hydrogen) atoms. The lowest BCUT2D eigenvalue weighted by atomic mass is 9.86. The van der Waals surface area contributed by atoms with E-state index in [4.69, 9.17) is 9.84 Å². The molecule has 0 aliphatic heterocycles. The number of benzene rings is 1. The number of thiazole rings is 1. The molecular weight excluding hydrogens is 522 g/mol. The highest BCUT2D eigenvalue weighted by Gasteiger charge is 2.34. The highest BCUT2D eigenvalue weighted by Crippen LogP contribution is 2.33. The minimum Gasteiger partial charge on any atom is -0.481 e. The number of anilines is 1. The number of nitrogens with one attached hydrogen (secondary N) is 1. The average Bonchev–Trinajstić information content (AvgIpc) is 3.26. The minimum atomic E-state index is -4.71. The van der Waals surface area contributed by atoms with Gasteiger partial charge in [-0.3, -0.25) is 10.1 Å². The van der Waals surface area contributed by atoms with E-state index in [1.54, 1.807) is 4.90 Å². The van der Waals surface area contributed by atoms with Crippen molar-refractivity contribution in [2.24, 2.45) is 5.92 Å². The van der Waals surface area contributed by atoms with Crippen molar-refractivity contribution in [3.8, 4) is 0 Å². The first-order valence-corrected chi connectivity index (χ1v) is 13.1. The molecule has 0 bridgehead atoms. The third-order valence-corrected chi connectivity index (χ3v) is 7.93. The second-order valence-electron chi connectivity index (χ2n) is 8.56. The molecule has 0 spiro atoms. The maximum atomic E-state index is 13.3. The second-order valence-corrected chi connectivity index (χ2v) is 10.9. The summed E-state index contributed by atoms with van der Waals surface area (Å²) in [5.41, 5.74) is -1.26. The number of nitrogens with zero attached hydrogens (tertiary/aromatic N) is 2. The van der Waals surface area contributed by atoms with Crippen molar-refractivity contribution in [1.29, 1.82) is 0 Å². The first-order chi connectivity index (χ1) is 17.0. The number of carboxylic acid groups (broad SMARTS) is 1. The highest BCUT2D eigenvalue weighted by molar-refractivity contribution is 8.01. The van der Waals surface area contributed by atoms with E-state index < -0.39 is 29.6 Å². The predicted octanol–water partition coefficient (Wildman–Crippen LogP) is 6.11. The number of amides is 2. The van der Waals surface area contributed by atoms with Gasteiger partial charge in [-0.1, -0.05) is 24.3 Å². The molecule has 2 amide bonds. The standard InChI is InChI=1S/C23H27F4N3O4S2/c1-14-2-6-17(7-3-14)30(22(33)29-21-28-11-20(36-21)35-13-19(31)32)8-9-34-12-15-4-5-16(24)10-18(15)23(25,26)27/h4-5,10-11,14,17H,2-3,6-9,12-13H2,1H3,(H,31,32)(H,28,29,33). The van der Waals surface area contributed by atoms with Crippen molar-refractivity contribution in [2.45, 2.75) is 55.6 Å². The maximum absolute atomic E-state index is 13.3. The Balaban J connectivity index is 1.62. The summed E-state index contributed by atoms with van der Waals surface area (Å²) >= 11 is 2.26. The van der Waals surface area contributed by atoms with Crippen LogP contribution in [0.2, 0.25) is 0 Å². The predicted molar refractivity (Wildman–Crippen MR) is 129 cm³/mol. The molecule has 13 heteroatoms. The molecule has 1 fully saturated rings. The molecule has 1 aliphatic carbocycles. The Labute approximate surface area is 214 Å². The summed E-state index contributed by atoms with van der Waals surface area (Å²) in [6.45, 7) is 1.92. The maximum Gasteiger partial charge on any atom is 0.416 e. The number of urea groups is 1. The molecule has 0 unspecified atom stereocenters. The summed E-state index contributed by atoms with van der Waals surface area (Å²) in [6, 6.07) is 1.99. The van der Waals surface area contributed by atoms with E-state index in [0.717, 1.165) is 60.9 Å². The van der Waals surface area contributed by atoms with Crippen LogP contribution in [0, 0.1) is 11.7 Å². The first kappa shape index (κ1) is 28.2. The van der Waals surface area contributed by atoms with Gasteiger partial charge in [-0.2, -0.15) is 13.2 Å². The SMILES string of the molecule is CC1CCC(N(CCOCc2ccc(F)cc2C(F)(F)F)C(=O)Nc2ncc(SCC(=O)O)s2)CC1. The lowest BCUT2D eigenvalue weighted by molar-refractivity contribution is -0.139. The van der Waals surface area contributed by atoms with Gasteiger partial charge in [-0.25, -0.2) is 14.2 Å². The number of aliphatic carboxylic acids is 1. The van der Waals surface area contributed by atoms with Gasteiger partial charge in [0.25, 0.3) is 0 Å². The summed E-state index contributed by atoms with van der Waals surface area (Å²) < 4.78 is 59.1. The lowest BCUT2D eigenvalue weighted by Gasteiger charge is -2.36. The van der Waals surface area contributed by atoms with Crippen molar-refractivity contribution in [3.05, 3.63) is 41.3 Å². The molecule has 0 atom stereocenters. The third kappa shape index (κ3) is 8.34. The van der Waals surface area contributed by atoms with E-state index in [9.17, 15) is 27.2 Å². The fourth-order valence-corrected chi connectivity index (χ4v) is 5.55. The molecule has 3 rings (SSSR count). The number of hydrogen-bond acceptors (Lipinski definition) is 6. The number of alkyl halides is 3. The largest absolute Gasteiger partial charge is 0.481 e. The molecule has 0 saturated heterocycles. The van der Waals surface area contributed by atoms with Gasteiger partial charge in [0, 0.05) is 12.6 Å². The van der Waals surface area contributed by atoms with Gasteiger partial charge in [0.1, 0.15) is 5.82 Å². The van der Waals surface area contributed by atoms with Crippen LogP contribution in [0.25, 0.3) is 0 Å². The molecular formula is C23H27F4N3O4S2. The van der Waals surface area contributed by atoms with Crippen LogP contribution in [0.15, 0.2) is 28.6 Å². The van der Waals surface area contributed by atoms with Crippen molar-refractivity contribution in [3.63, 3.8) is 0 Å². The Morgan fingerprint density at radius 3 is 2.67 bits per heavy atom. The number of carboxylic acids is 1. The Bertz CT molecular complexity index is 1040. The van der Waals surface area contributed by atoms with Crippen LogP contribution in [0.5, 0.6) is 0 Å². The number of halogens is 4. The molecule has 198 valence electrons. The summed E-state index contributed by atoms with van der Waals surface area (Å²) in [7, 11) is 0. The molecule has 1 aromatic carbocycles. The van der Waals surface area contributed by atoms with Crippen LogP contribution in [0.3, 0.4) is 0 Å². The molecule has 2 aromatic rings. The monoisotopic (exact) mass is 549 g/mol. The van der Waals surface area contributed by atoms with Gasteiger partial charge < -0.3 is 14.7 Å². The van der Waals surface area contributed by atoms with Crippen LogP contribution in [0.4, 0.5) is 27.5 Å². The van der Waals surface area contributed by atoms with E-state index in [0.29, 0.717) is 21.3 Å². The fourth-order valence-electron chi connectivity index (χ4n) is 3.97. The normalized spacial score (nSPS) is 18.1. The zero-order valence-electron chi connectivity index (χ0n) is 19.5. The number of aromatic nitrogens is 1. The smallest absolute Gasteiger partial charge is 0.416 e. The molecule has 1 aliphatic rings. The van der Waals surface area contributed by atoms with E-state index >= 15 is 0 Å². The summed E-state index contributed by atoms with van der Waals surface area (Å²) in [5.74, 6) is -1.51. The minimum absolute atomic E-state index is 0.00820. The summed E-state index contributed by atoms with van der Waals surface area (Å²) in [4.78, 5) is 29.6. The van der Waals surface area contributed by atoms with E-state index in [2.05, 4.69) is 17.2 Å². The Morgan fingerprint density at radius 1 is 1.28 bits per heavy atom. The summed E-state index contributed by atoms with van der Waals surface area (Å²) in [6.07, 6.45) is 0.274. The van der Waals surface area contributed by atoms with Crippen molar-refractivity contribution in [2.75, 3.05) is 24.2 Å². The summed E-state index contributed by atoms with van der Waals surface area (Å²) in [5, 5.41) is 11.9. The highest BCUT2D eigenvalue weighted by atomic mass is 32.2. The van der Waals surface area contributed by atoms with E-state index in [1.807, 2.05) is 0 Å². The van der Waals surface area contributed by atoms with E-state index in [1.165, 1.54) is 6.20 Å². The molecule has 1 aromatic heterocycles. The zero-order valence-corrected chi connectivity index (χ0v) is 21.1. The van der Waals surface area contributed by atoms with Gasteiger partial charge >= 0.3 is 18.2 Å². The number of thioether (sulfide) groups is 1. The van der Waals surface area contributed by atoms with Crippen LogP contribution < -0.4 is 5.32 Å². The number of rotatable bonds is 10. The zero-order chi connectivity index (χ0) is 26.3. The first-order valence-electron chi connectivity index (χ1n) is 11.3. The second kappa shape index (κ2) is 12.7. The quantitative estimate of drug-likeness (QED) is 0.211. The van der Waals surface area contributed by atoms with Crippen LogP contribution in [0.1, 0.15) is 43.7 Å². The molecule has 0 radical (unpaired) electrons. The van der Waals surface area contributed by atoms with Crippen molar-refractivity contribution >= 4 is 40.2 Å². The van der Waals surface area contributed by atoms with Gasteiger partial charge in [-0.15, -0.1) is 11.8 Å². The topological polar surface area (TPSA) is 91.8 Å². The number of hydrogen-bond donors (Lipinski definition) is 2. The molecule has 7 nitrogen and oxygen atoms in total. The molecule has 1 heterocycles. The number of carbonyl (C=O) groups excluding carboxylic acids is 1. The van der Waals surface area contributed by atoms with Crippen molar-refractivity contribution < 1.29 is 37.0 Å². The van der Waals surface area contributed by atoms with Crippen molar-refractivity contribution in [1.82, 2.24) is 9.88 Å². The Morgan fingerprint density at radius 2 is 2.00 bits per heavy atom. The Hall–Kier alpha value is -2.38. The average molecular weight is 550 g/mol. The molecule has 1 saturated carbocycles. The lowest BCUT2D eigenvalue weighted by Crippen LogP contribution is -2.46. The Kier molecular flexibility index (Phi) is 9.97. The van der Waals surface area contributed by atoms with Crippen LogP contribution in [-0.4, -0.2) is 51.9 Å². The van der Waals surface area contributed by atoms with Crippen LogP contribution >= 0.6 is 23.1 Å². The fraction of sp³-hybridized carbons (Fsp3) is 0.522. The van der Waals surface area contributed by atoms with Gasteiger partial charge in [0.05, 0.1) is 34.9 Å². The van der Waals surface area contributed by atoms with Gasteiger partial charge in [-0.05, 0) is 49.3 Å². The number of carbonyl (C=O) groups is 2. The number of ether oxygens (including phenoxy) is 1. The van der Waals surface area contributed by atoms with Gasteiger partial charge in [0.2, 0.25) is 0 Å². The van der Waals surface area contributed by atoms with E-state index in [-0.39, 0.29) is 37.1 Å².